The first-order chi connectivity index (χ1) is 8.86. The second-order valence-electron chi connectivity index (χ2n) is 3.62. The van der Waals surface area contributed by atoms with Crippen LogP contribution in [0.2, 0.25) is 0 Å². The van der Waals surface area contributed by atoms with Crippen LogP contribution < -0.4 is 9.47 Å². The minimum absolute atomic E-state index is 0.0832. The number of benzene rings is 1. The van der Waals surface area contributed by atoms with E-state index >= 15 is 0 Å². The minimum atomic E-state index is -4.85. The predicted octanol–water partition coefficient (Wildman–Crippen LogP) is 2.73. The van der Waals surface area contributed by atoms with Gasteiger partial charge in [0.05, 0.1) is 6.61 Å². The van der Waals surface area contributed by atoms with Crippen molar-refractivity contribution in [3.05, 3.63) is 24.3 Å². The van der Waals surface area contributed by atoms with Crippen molar-refractivity contribution in [2.75, 3.05) is 13.2 Å². The van der Waals surface area contributed by atoms with Crippen LogP contribution in [0.3, 0.4) is 0 Å². The maximum absolute atomic E-state index is 12.4. The zero-order valence-electron chi connectivity index (χ0n) is 10.1. The summed E-state index contributed by atoms with van der Waals surface area (Å²) in [6, 6.07) is 6.14. The van der Waals surface area contributed by atoms with Gasteiger partial charge in [-0.3, -0.25) is 4.79 Å². The molecule has 1 rings (SSSR count). The van der Waals surface area contributed by atoms with Crippen LogP contribution in [0.4, 0.5) is 13.2 Å². The third-order valence-electron chi connectivity index (χ3n) is 2.25. The van der Waals surface area contributed by atoms with Crippen molar-refractivity contribution >= 4 is 5.97 Å². The lowest BCUT2D eigenvalue weighted by molar-refractivity contribution is -0.198. The number of ether oxygens (including phenoxy) is 2. The predicted molar refractivity (Wildman–Crippen MR) is 60.3 cm³/mol. The molecule has 1 unspecified atom stereocenters. The molecule has 0 aliphatic rings. The second kappa shape index (κ2) is 6.31. The summed E-state index contributed by atoms with van der Waals surface area (Å²) in [5.41, 5.74) is 0. The highest BCUT2D eigenvalue weighted by molar-refractivity contribution is 5.71. The Morgan fingerprint density at radius 2 is 1.79 bits per heavy atom. The fourth-order valence-corrected chi connectivity index (χ4v) is 1.32. The van der Waals surface area contributed by atoms with Crippen molar-refractivity contribution in [1.82, 2.24) is 0 Å². The van der Waals surface area contributed by atoms with E-state index in [4.69, 9.17) is 14.6 Å². The normalized spacial score (nSPS) is 12.8. The lowest BCUT2D eigenvalue weighted by Gasteiger charge is -2.18. The fraction of sp³-hybridized carbons (Fsp3) is 0.417. The van der Waals surface area contributed by atoms with Crippen molar-refractivity contribution in [3.8, 4) is 11.5 Å². The van der Waals surface area contributed by atoms with Gasteiger partial charge in [-0.1, -0.05) is 12.1 Å². The van der Waals surface area contributed by atoms with Crippen LogP contribution in [-0.2, 0) is 4.79 Å². The summed E-state index contributed by atoms with van der Waals surface area (Å²) in [5.74, 6) is -4.18. The third kappa shape index (κ3) is 4.35. The van der Waals surface area contributed by atoms with Crippen LogP contribution in [0.1, 0.15) is 6.92 Å². The fourth-order valence-electron chi connectivity index (χ4n) is 1.32. The van der Waals surface area contributed by atoms with Crippen LogP contribution in [0.5, 0.6) is 11.5 Å². The van der Waals surface area contributed by atoms with Crippen molar-refractivity contribution in [3.63, 3.8) is 0 Å². The molecule has 0 heterocycles. The van der Waals surface area contributed by atoms with E-state index in [1.54, 1.807) is 19.1 Å². The highest BCUT2D eigenvalue weighted by atomic mass is 19.4. The Bertz CT molecular complexity index is 431. The zero-order chi connectivity index (χ0) is 14.5. The van der Waals surface area contributed by atoms with Gasteiger partial charge in [0.25, 0.3) is 0 Å². The smallest absolute Gasteiger partial charge is 0.405 e. The number of carboxylic acids is 1. The van der Waals surface area contributed by atoms with Gasteiger partial charge in [0, 0.05) is 0 Å². The number of carbonyl (C=O) groups is 1. The highest BCUT2D eigenvalue weighted by Gasteiger charge is 2.45. The summed E-state index contributed by atoms with van der Waals surface area (Å²) in [6.07, 6.45) is -4.85. The van der Waals surface area contributed by atoms with Gasteiger partial charge in [-0.2, -0.15) is 13.2 Å². The first kappa shape index (κ1) is 15.1. The Labute approximate surface area is 107 Å². The summed E-state index contributed by atoms with van der Waals surface area (Å²) in [4.78, 5) is 10.5. The van der Waals surface area contributed by atoms with E-state index < -0.39 is 24.7 Å². The molecule has 0 amide bonds. The number of aliphatic carboxylic acids is 1. The summed E-state index contributed by atoms with van der Waals surface area (Å²) in [7, 11) is 0. The molecule has 0 aromatic heterocycles. The topological polar surface area (TPSA) is 55.8 Å². The zero-order valence-corrected chi connectivity index (χ0v) is 10.1. The molecule has 0 fully saturated rings. The largest absolute Gasteiger partial charge is 0.490 e. The summed E-state index contributed by atoms with van der Waals surface area (Å²) in [6.45, 7) is 1.04. The van der Waals surface area contributed by atoms with Gasteiger partial charge in [-0.25, -0.2) is 0 Å². The molecule has 19 heavy (non-hydrogen) atoms. The van der Waals surface area contributed by atoms with Gasteiger partial charge in [0.15, 0.2) is 17.4 Å². The standard InChI is InChI=1S/C12H13F3O4/c1-2-18-9-5-3-4-6-10(9)19-7-8(11(16)17)12(13,14)15/h3-6,8H,2,7H2,1H3,(H,16,17). The van der Waals surface area contributed by atoms with Crippen LogP contribution in [0.25, 0.3) is 0 Å². The second-order valence-corrected chi connectivity index (χ2v) is 3.62. The van der Waals surface area contributed by atoms with E-state index in [9.17, 15) is 18.0 Å². The van der Waals surface area contributed by atoms with Gasteiger partial charge < -0.3 is 14.6 Å². The molecule has 106 valence electrons. The van der Waals surface area contributed by atoms with Crippen LogP contribution in [0.15, 0.2) is 24.3 Å². The van der Waals surface area contributed by atoms with Gasteiger partial charge in [0.1, 0.15) is 6.61 Å². The molecule has 0 saturated heterocycles. The maximum Gasteiger partial charge on any atom is 0.405 e. The van der Waals surface area contributed by atoms with E-state index in [1.807, 2.05) is 0 Å². The van der Waals surface area contributed by atoms with E-state index in [-0.39, 0.29) is 11.5 Å². The van der Waals surface area contributed by atoms with Crippen molar-refractivity contribution in [1.29, 1.82) is 0 Å². The Balaban J connectivity index is 2.77. The Hall–Kier alpha value is -1.92. The summed E-state index contributed by atoms with van der Waals surface area (Å²) in [5, 5.41) is 8.53. The van der Waals surface area contributed by atoms with E-state index in [0.717, 1.165) is 0 Å². The number of hydrogen-bond donors (Lipinski definition) is 1. The molecule has 7 heteroatoms. The summed E-state index contributed by atoms with van der Waals surface area (Å²) < 4.78 is 47.4. The quantitative estimate of drug-likeness (QED) is 0.869. The number of alkyl halides is 3. The molecule has 0 aliphatic carbocycles. The molecule has 1 atom stereocenters. The maximum atomic E-state index is 12.4. The molecule has 1 N–H and O–H groups in total. The third-order valence-corrected chi connectivity index (χ3v) is 2.25. The number of para-hydroxylation sites is 2. The molecule has 4 nitrogen and oxygen atoms in total. The summed E-state index contributed by atoms with van der Waals surface area (Å²) >= 11 is 0. The van der Waals surface area contributed by atoms with E-state index in [0.29, 0.717) is 6.61 Å². The van der Waals surface area contributed by atoms with E-state index in [2.05, 4.69) is 0 Å². The molecule has 1 aromatic carbocycles. The van der Waals surface area contributed by atoms with Crippen molar-refractivity contribution in [2.24, 2.45) is 5.92 Å². The first-order valence-electron chi connectivity index (χ1n) is 5.50. The average Bonchev–Trinajstić information content (AvgIpc) is 2.29. The van der Waals surface area contributed by atoms with E-state index in [1.165, 1.54) is 12.1 Å². The van der Waals surface area contributed by atoms with Crippen LogP contribution >= 0.6 is 0 Å². The molecule has 0 spiro atoms. The Morgan fingerprint density at radius 1 is 1.26 bits per heavy atom. The highest BCUT2D eigenvalue weighted by Crippen LogP contribution is 2.30. The number of rotatable bonds is 6. The minimum Gasteiger partial charge on any atom is -0.490 e. The Morgan fingerprint density at radius 3 is 2.21 bits per heavy atom. The molecular formula is C12H13F3O4. The van der Waals surface area contributed by atoms with Gasteiger partial charge in [0.2, 0.25) is 0 Å². The van der Waals surface area contributed by atoms with Crippen LogP contribution in [0, 0.1) is 5.92 Å². The molecular weight excluding hydrogens is 265 g/mol. The average molecular weight is 278 g/mol. The number of hydrogen-bond acceptors (Lipinski definition) is 3. The molecule has 0 aliphatic heterocycles. The number of halogens is 3. The van der Waals surface area contributed by atoms with Crippen molar-refractivity contribution in [2.45, 2.75) is 13.1 Å². The molecule has 0 radical (unpaired) electrons. The lowest BCUT2D eigenvalue weighted by atomic mass is 10.1. The SMILES string of the molecule is CCOc1ccccc1OCC(C(=O)O)C(F)(F)F. The Kier molecular flexibility index (Phi) is 5.02. The van der Waals surface area contributed by atoms with Gasteiger partial charge >= 0.3 is 12.1 Å². The first-order valence-corrected chi connectivity index (χ1v) is 5.50. The molecule has 0 bridgehead atoms. The van der Waals surface area contributed by atoms with Gasteiger partial charge in [-0.05, 0) is 19.1 Å². The van der Waals surface area contributed by atoms with Crippen LogP contribution in [-0.4, -0.2) is 30.5 Å². The van der Waals surface area contributed by atoms with Crippen molar-refractivity contribution < 1.29 is 32.5 Å². The molecule has 1 aromatic rings. The monoisotopic (exact) mass is 278 g/mol. The lowest BCUT2D eigenvalue weighted by Crippen LogP contribution is -2.35. The van der Waals surface area contributed by atoms with Gasteiger partial charge in [-0.15, -0.1) is 0 Å². The molecule has 0 saturated carbocycles. The number of carboxylic acid groups (broad SMARTS) is 1.